The third-order valence-electron chi connectivity index (χ3n) is 1.84. The van der Waals surface area contributed by atoms with Crippen LogP contribution in [0.2, 0.25) is 6.04 Å². The molecule has 0 rings (SSSR count). The van der Waals surface area contributed by atoms with Crippen molar-refractivity contribution in [3.63, 3.8) is 0 Å². The molecule has 0 aromatic rings. The van der Waals surface area contributed by atoms with Crippen LogP contribution < -0.4 is 4.98 Å². The number of hydrogen-bond donors (Lipinski definition) is 3. The minimum Gasteiger partial charge on any atom is -0.394 e. The van der Waals surface area contributed by atoms with E-state index in [-0.39, 0.29) is 26.4 Å². The predicted molar refractivity (Wildman–Crippen MR) is 62.3 cm³/mol. The molecule has 0 saturated carbocycles. The van der Waals surface area contributed by atoms with Crippen LogP contribution >= 0.6 is 0 Å². The van der Waals surface area contributed by atoms with Gasteiger partial charge in [0.2, 0.25) is 0 Å². The van der Waals surface area contributed by atoms with E-state index in [4.69, 9.17) is 24.1 Å². The molecule has 0 aromatic heterocycles. The number of nitrogens with one attached hydrogen (secondary N) is 1. The Hall–Kier alpha value is -0.0231. The molecule has 0 aliphatic rings. The largest absolute Gasteiger partial charge is 0.394 e. The molecule has 7 heteroatoms. The molecule has 0 heterocycles. The Morgan fingerprint density at radius 1 is 1.19 bits per heavy atom. The van der Waals surface area contributed by atoms with Crippen molar-refractivity contribution in [2.24, 2.45) is 0 Å². The summed E-state index contributed by atoms with van der Waals surface area (Å²) in [6.45, 7) is 1.44. The summed E-state index contributed by atoms with van der Waals surface area (Å²) in [5.41, 5.74) is 0. The zero-order valence-corrected chi connectivity index (χ0v) is 11.2. The van der Waals surface area contributed by atoms with Crippen molar-refractivity contribution in [1.29, 1.82) is 0 Å². The monoisotopic (exact) mass is 253 g/mol. The van der Waals surface area contributed by atoms with Gasteiger partial charge in [-0.05, 0) is 13.1 Å². The molecule has 0 aliphatic heterocycles. The molecule has 0 aliphatic carbocycles. The van der Waals surface area contributed by atoms with Gasteiger partial charge in [-0.1, -0.05) is 13.3 Å². The molecular formula is C9H23NO5Si. The van der Waals surface area contributed by atoms with Crippen molar-refractivity contribution in [1.82, 2.24) is 4.98 Å². The van der Waals surface area contributed by atoms with E-state index >= 15 is 0 Å². The molecule has 0 spiro atoms. The zero-order chi connectivity index (χ0) is 12.2. The quantitative estimate of drug-likeness (QED) is 0.329. The van der Waals surface area contributed by atoms with Gasteiger partial charge in [0.1, 0.15) is 0 Å². The first-order chi connectivity index (χ1) is 7.78. The summed E-state index contributed by atoms with van der Waals surface area (Å²) in [7, 11) is 0.330. The average molecular weight is 253 g/mol. The molecule has 0 amide bonds. The van der Waals surface area contributed by atoms with Crippen molar-refractivity contribution < 1.29 is 24.1 Å². The van der Waals surface area contributed by atoms with E-state index in [1.165, 1.54) is 0 Å². The maximum atomic E-state index is 8.65. The smallest absolute Gasteiger partial charge is 0.263 e. The summed E-state index contributed by atoms with van der Waals surface area (Å²) in [5.74, 6) is 0. The second kappa shape index (κ2) is 11.5. The topological polar surface area (TPSA) is 80.2 Å². The van der Waals surface area contributed by atoms with Gasteiger partial charge in [-0.3, -0.25) is 0 Å². The van der Waals surface area contributed by atoms with Gasteiger partial charge >= 0.3 is 0 Å². The fourth-order valence-electron chi connectivity index (χ4n) is 1.10. The molecule has 0 bridgehead atoms. The van der Waals surface area contributed by atoms with E-state index in [1.807, 2.05) is 7.05 Å². The molecule has 16 heavy (non-hydrogen) atoms. The molecule has 0 aromatic carbocycles. The Kier molecular flexibility index (Phi) is 11.4. The van der Waals surface area contributed by atoms with Gasteiger partial charge in [0, 0.05) is 0 Å². The van der Waals surface area contributed by atoms with Crippen LogP contribution in [0.1, 0.15) is 13.3 Å². The van der Waals surface area contributed by atoms with Gasteiger partial charge in [0.25, 0.3) is 15.7 Å². The molecule has 0 saturated heterocycles. The Labute approximate surface area is 98.3 Å². The number of aliphatic hydroxyl groups excluding tert-OH is 2. The predicted octanol–water partition coefficient (Wildman–Crippen LogP) is -0.846. The lowest BCUT2D eigenvalue weighted by molar-refractivity contribution is -0.255. The fraction of sp³-hybridized carbons (Fsp3) is 1.00. The van der Waals surface area contributed by atoms with E-state index in [0.717, 1.165) is 12.5 Å². The van der Waals surface area contributed by atoms with E-state index in [0.29, 0.717) is 0 Å². The molecule has 3 N–H and O–H groups in total. The van der Waals surface area contributed by atoms with Gasteiger partial charge in [-0.25, -0.2) is 0 Å². The van der Waals surface area contributed by atoms with Crippen LogP contribution in [0.3, 0.4) is 0 Å². The summed E-state index contributed by atoms with van der Waals surface area (Å²) in [5, 5.41) is 17.3. The Morgan fingerprint density at radius 2 is 1.75 bits per heavy atom. The molecular weight excluding hydrogens is 230 g/mol. The van der Waals surface area contributed by atoms with Crippen LogP contribution in [0.5, 0.6) is 0 Å². The lowest BCUT2D eigenvalue weighted by atomic mass is 10.6. The zero-order valence-electron chi connectivity index (χ0n) is 10.0. The highest BCUT2D eigenvalue weighted by atomic mass is 28.3. The maximum absolute atomic E-state index is 8.65. The molecule has 0 fully saturated rings. The van der Waals surface area contributed by atoms with Crippen LogP contribution in [0, 0.1) is 0 Å². The third kappa shape index (κ3) is 8.17. The van der Waals surface area contributed by atoms with Gasteiger partial charge in [-0.2, -0.15) is 0 Å². The molecule has 1 unspecified atom stereocenters. The summed E-state index contributed by atoms with van der Waals surface area (Å²) >= 11 is 0. The van der Waals surface area contributed by atoms with E-state index in [9.17, 15) is 0 Å². The van der Waals surface area contributed by atoms with Gasteiger partial charge in [0.15, 0.2) is 0 Å². The van der Waals surface area contributed by atoms with Crippen LogP contribution in [-0.2, 0) is 13.9 Å². The number of aliphatic hydroxyl groups is 2. The van der Waals surface area contributed by atoms with Crippen LogP contribution in [-0.4, -0.2) is 59.4 Å². The first kappa shape index (κ1) is 16.0. The molecule has 1 atom stereocenters. The first-order valence-electron chi connectivity index (χ1n) is 5.56. The third-order valence-corrected chi connectivity index (χ3v) is 4.14. The second-order valence-electron chi connectivity index (χ2n) is 3.18. The fourth-order valence-corrected chi connectivity index (χ4v) is 2.61. The summed E-state index contributed by atoms with van der Waals surface area (Å²) in [4.78, 5) is 3.12. The van der Waals surface area contributed by atoms with Crippen molar-refractivity contribution in [3.05, 3.63) is 0 Å². The second-order valence-corrected chi connectivity index (χ2v) is 5.58. The number of hydrogen-bond acceptors (Lipinski definition) is 6. The SMILES string of the molecule is CCC[SiH](NC)OC(OCCO)OCCO. The highest BCUT2D eigenvalue weighted by Crippen LogP contribution is 2.03. The van der Waals surface area contributed by atoms with Gasteiger partial charge < -0.3 is 29.1 Å². The Balaban J connectivity index is 3.94. The summed E-state index contributed by atoms with van der Waals surface area (Å²) < 4.78 is 15.9. The Bertz CT molecular complexity index is 144. The normalized spacial score (nSPS) is 13.3. The molecule has 98 valence electrons. The first-order valence-corrected chi connectivity index (χ1v) is 7.42. The van der Waals surface area contributed by atoms with Crippen molar-refractivity contribution >= 4 is 9.20 Å². The standard InChI is InChI=1S/C9H23NO5Si/c1-3-8-16(10-2)15-9(13-6-4-11)14-7-5-12/h9-12,16H,3-8H2,1-2H3. The lowest BCUT2D eigenvalue weighted by Gasteiger charge is -2.23. The van der Waals surface area contributed by atoms with Gasteiger partial charge in [0.05, 0.1) is 26.4 Å². The summed E-state index contributed by atoms with van der Waals surface area (Å²) in [6.07, 6.45) is 1.03. The average Bonchev–Trinajstić information content (AvgIpc) is 2.31. The van der Waals surface area contributed by atoms with E-state index < -0.39 is 15.7 Å². The number of ether oxygens (including phenoxy) is 2. The van der Waals surface area contributed by atoms with Crippen molar-refractivity contribution in [2.75, 3.05) is 33.5 Å². The minimum atomic E-state index is -1.52. The van der Waals surface area contributed by atoms with Crippen LogP contribution in [0.15, 0.2) is 0 Å². The molecule has 6 nitrogen and oxygen atoms in total. The lowest BCUT2D eigenvalue weighted by Crippen LogP contribution is -2.40. The van der Waals surface area contributed by atoms with Crippen molar-refractivity contribution in [3.8, 4) is 0 Å². The minimum absolute atomic E-state index is 0.0814. The summed E-state index contributed by atoms with van der Waals surface area (Å²) in [6, 6.07) is 0.970. The van der Waals surface area contributed by atoms with Crippen LogP contribution in [0.4, 0.5) is 0 Å². The highest BCUT2D eigenvalue weighted by Gasteiger charge is 2.17. The van der Waals surface area contributed by atoms with E-state index in [1.54, 1.807) is 0 Å². The van der Waals surface area contributed by atoms with Gasteiger partial charge in [-0.15, -0.1) is 0 Å². The molecule has 0 radical (unpaired) electrons. The Morgan fingerprint density at radius 3 is 2.12 bits per heavy atom. The maximum Gasteiger partial charge on any atom is 0.263 e. The number of rotatable bonds is 11. The highest BCUT2D eigenvalue weighted by molar-refractivity contribution is 6.48. The van der Waals surface area contributed by atoms with Crippen LogP contribution in [0.25, 0.3) is 0 Å². The van der Waals surface area contributed by atoms with Crippen molar-refractivity contribution in [2.45, 2.75) is 25.9 Å². The van der Waals surface area contributed by atoms with E-state index in [2.05, 4.69) is 11.9 Å².